The molecule has 0 radical (unpaired) electrons. The van der Waals surface area contributed by atoms with Crippen molar-refractivity contribution in [1.82, 2.24) is 5.32 Å². The highest BCUT2D eigenvalue weighted by molar-refractivity contribution is 6.04. The first-order valence-corrected chi connectivity index (χ1v) is 9.59. The first kappa shape index (κ1) is 19.1. The molecule has 2 amide bonds. The van der Waals surface area contributed by atoms with Gasteiger partial charge < -0.3 is 16.0 Å². The predicted molar refractivity (Wildman–Crippen MR) is 109 cm³/mol. The summed E-state index contributed by atoms with van der Waals surface area (Å²) in [5, 5.41) is 9.23. The van der Waals surface area contributed by atoms with E-state index in [1.807, 2.05) is 43.3 Å². The van der Waals surface area contributed by atoms with E-state index >= 15 is 0 Å². The van der Waals surface area contributed by atoms with Crippen molar-refractivity contribution in [3.05, 3.63) is 59.7 Å². The molecule has 27 heavy (non-hydrogen) atoms. The number of carbonyl (C=O) groups is 2. The molecule has 0 atom stereocenters. The summed E-state index contributed by atoms with van der Waals surface area (Å²) in [7, 11) is 0. The van der Waals surface area contributed by atoms with Crippen LogP contribution < -0.4 is 16.0 Å². The molecule has 3 rings (SSSR count). The smallest absolute Gasteiger partial charge is 0.255 e. The molecule has 0 aromatic heterocycles. The van der Waals surface area contributed by atoms with Crippen molar-refractivity contribution in [1.29, 1.82) is 0 Å². The van der Waals surface area contributed by atoms with E-state index in [1.165, 1.54) is 0 Å². The first-order chi connectivity index (χ1) is 13.1. The molecule has 1 fully saturated rings. The zero-order valence-corrected chi connectivity index (χ0v) is 15.8. The number of benzene rings is 2. The van der Waals surface area contributed by atoms with E-state index in [1.54, 1.807) is 12.1 Å². The highest BCUT2D eigenvalue weighted by Gasteiger charge is 2.15. The minimum Gasteiger partial charge on any atom is -0.326 e. The van der Waals surface area contributed by atoms with Gasteiger partial charge in [-0.05, 0) is 75.0 Å². The largest absolute Gasteiger partial charge is 0.326 e. The van der Waals surface area contributed by atoms with Crippen molar-refractivity contribution in [3.63, 3.8) is 0 Å². The Hall–Kier alpha value is -2.66. The number of aryl methyl sites for hydroxylation is 1. The summed E-state index contributed by atoms with van der Waals surface area (Å²) in [6.07, 6.45) is 3.75. The third-order valence-electron chi connectivity index (χ3n) is 5.04. The second kappa shape index (κ2) is 9.33. The van der Waals surface area contributed by atoms with Crippen LogP contribution in [0.25, 0.3) is 0 Å². The number of rotatable bonds is 6. The molecule has 0 spiro atoms. The van der Waals surface area contributed by atoms with Crippen molar-refractivity contribution in [3.8, 4) is 0 Å². The van der Waals surface area contributed by atoms with E-state index < -0.39 is 0 Å². The monoisotopic (exact) mass is 365 g/mol. The minimum atomic E-state index is -0.164. The topological polar surface area (TPSA) is 70.2 Å². The van der Waals surface area contributed by atoms with Crippen LogP contribution in [0.2, 0.25) is 0 Å². The van der Waals surface area contributed by atoms with Gasteiger partial charge in [0.25, 0.3) is 5.91 Å². The van der Waals surface area contributed by atoms with Crippen LogP contribution in [0.1, 0.15) is 41.6 Å². The van der Waals surface area contributed by atoms with Gasteiger partial charge in [-0.2, -0.15) is 0 Å². The number of amides is 2. The highest BCUT2D eigenvalue weighted by atomic mass is 16.2. The average Bonchev–Trinajstić information content (AvgIpc) is 2.70. The summed E-state index contributed by atoms with van der Waals surface area (Å²) in [5.74, 6) is 0.500. The van der Waals surface area contributed by atoms with Gasteiger partial charge >= 0.3 is 0 Å². The third-order valence-corrected chi connectivity index (χ3v) is 5.04. The van der Waals surface area contributed by atoms with Crippen LogP contribution in [0.15, 0.2) is 48.5 Å². The summed E-state index contributed by atoms with van der Waals surface area (Å²) in [4.78, 5) is 24.7. The van der Waals surface area contributed by atoms with Gasteiger partial charge in [-0.1, -0.05) is 24.3 Å². The summed E-state index contributed by atoms with van der Waals surface area (Å²) in [5.41, 5.74) is 2.99. The van der Waals surface area contributed by atoms with Gasteiger partial charge in [0.2, 0.25) is 5.91 Å². The van der Waals surface area contributed by atoms with Crippen LogP contribution in [0.5, 0.6) is 0 Å². The van der Waals surface area contributed by atoms with Crippen LogP contribution in [-0.4, -0.2) is 24.9 Å². The number of anilines is 2. The molecule has 2 aromatic rings. The normalized spacial score (nSPS) is 14.6. The van der Waals surface area contributed by atoms with Crippen molar-refractivity contribution in [2.45, 2.75) is 32.6 Å². The van der Waals surface area contributed by atoms with Gasteiger partial charge in [0, 0.05) is 23.4 Å². The molecule has 3 N–H and O–H groups in total. The Kier molecular flexibility index (Phi) is 6.60. The highest BCUT2D eigenvalue weighted by Crippen LogP contribution is 2.22. The molecule has 0 unspecified atom stereocenters. The fourth-order valence-electron chi connectivity index (χ4n) is 3.35. The van der Waals surface area contributed by atoms with Crippen LogP contribution in [-0.2, 0) is 4.79 Å². The van der Waals surface area contributed by atoms with E-state index in [-0.39, 0.29) is 11.8 Å². The lowest BCUT2D eigenvalue weighted by atomic mass is 9.93. The molecule has 1 aliphatic rings. The van der Waals surface area contributed by atoms with Crippen molar-refractivity contribution in [2.75, 3.05) is 23.7 Å². The Balaban J connectivity index is 1.57. The number of hydrogen-bond acceptors (Lipinski definition) is 3. The summed E-state index contributed by atoms with van der Waals surface area (Å²) in [6.45, 7) is 4.05. The van der Waals surface area contributed by atoms with E-state index in [0.717, 1.165) is 43.6 Å². The Labute approximate surface area is 160 Å². The molecule has 5 heteroatoms. The van der Waals surface area contributed by atoms with Crippen molar-refractivity contribution < 1.29 is 9.59 Å². The van der Waals surface area contributed by atoms with Gasteiger partial charge in [-0.3, -0.25) is 9.59 Å². The molecule has 2 aromatic carbocycles. The van der Waals surface area contributed by atoms with Crippen molar-refractivity contribution >= 4 is 23.2 Å². The predicted octanol–water partition coefficient (Wildman–Crippen LogP) is 3.97. The van der Waals surface area contributed by atoms with Gasteiger partial charge in [0.1, 0.15) is 0 Å². The summed E-state index contributed by atoms with van der Waals surface area (Å²) >= 11 is 0. The number of nitrogens with one attached hydrogen (secondary N) is 3. The third kappa shape index (κ3) is 5.66. The van der Waals surface area contributed by atoms with Crippen LogP contribution in [0.3, 0.4) is 0 Å². The number of hydrogen-bond donors (Lipinski definition) is 3. The molecule has 1 aliphatic heterocycles. The fraction of sp³-hybridized carbons (Fsp3) is 0.364. The van der Waals surface area contributed by atoms with E-state index in [4.69, 9.17) is 0 Å². The number of carbonyl (C=O) groups excluding carboxylic acids is 2. The quantitative estimate of drug-likeness (QED) is 0.725. The van der Waals surface area contributed by atoms with Crippen LogP contribution >= 0.6 is 0 Å². The summed E-state index contributed by atoms with van der Waals surface area (Å²) in [6, 6.07) is 14.7. The van der Waals surface area contributed by atoms with Gasteiger partial charge in [0.15, 0.2) is 0 Å². The number of piperidine rings is 1. The summed E-state index contributed by atoms with van der Waals surface area (Å²) < 4.78 is 0. The Morgan fingerprint density at radius 2 is 1.78 bits per heavy atom. The molecule has 1 saturated heterocycles. The second-order valence-corrected chi connectivity index (χ2v) is 7.13. The Bertz CT molecular complexity index is 783. The second-order valence-electron chi connectivity index (χ2n) is 7.13. The van der Waals surface area contributed by atoms with E-state index in [0.29, 0.717) is 23.6 Å². The molecule has 0 saturated carbocycles. The lowest BCUT2D eigenvalue weighted by Gasteiger charge is -2.22. The fourth-order valence-corrected chi connectivity index (χ4v) is 3.35. The van der Waals surface area contributed by atoms with E-state index in [2.05, 4.69) is 16.0 Å². The molecular weight excluding hydrogens is 338 g/mol. The lowest BCUT2D eigenvalue weighted by Crippen LogP contribution is -2.28. The molecular formula is C22H27N3O2. The van der Waals surface area contributed by atoms with Crippen LogP contribution in [0.4, 0.5) is 11.4 Å². The zero-order chi connectivity index (χ0) is 19.1. The molecule has 5 nitrogen and oxygen atoms in total. The minimum absolute atomic E-state index is 0.0307. The van der Waals surface area contributed by atoms with Gasteiger partial charge in [-0.25, -0.2) is 0 Å². The SMILES string of the molecule is Cc1ccc(NC(=O)c2ccccc2)cc1NC(=O)CCC1CCNCC1. The van der Waals surface area contributed by atoms with Crippen molar-refractivity contribution in [2.24, 2.45) is 5.92 Å². The Morgan fingerprint density at radius 1 is 1.04 bits per heavy atom. The van der Waals surface area contributed by atoms with Crippen LogP contribution in [0, 0.1) is 12.8 Å². The Morgan fingerprint density at radius 3 is 2.52 bits per heavy atom. The van der Waals surface area contributed by atoms with Gasteiger partial charge in [-0.15, -0.1) is 0 Å². The molecule has 1 heterocycles. The maximum absolute atomic E-state index is 12.3. The zero-order valence-electron chi connectivity index (χ0n) is 15.8. The van der Waals surface area contributed by atoms with E-state index in [9.17, 15) is 9.59 Å². The standard InChI is InChI=1S/C22H27N3O2/c1-16-7-9-19(24-22(27)18-5-3-2-4-6-18)15-20(16)25-21(26)10-8-17-11-13-23-14-12-17/h2-7,9,15,17,23H,8,10-14H2,1H3,(H,24,27)(H,25,26). The maximum Gasteiger partial charge on any atom is 0.255 e. The average molecular weight is 365 g/mol. The molecule has 0 aliphatic carbocycles. The maximum atomic E-state index is 12.3. The first-order valence-electron chi connectivity index (χ1n) is 9.59. The van der Waals surface area contributed by atoms with Gasteiger partial charge in [0.05, 0.1) is 0 Å². The molecule has 0 bridgehead atoms. The lowest BCUT2D eigenvalue weighted by molar-refractivity contribution is -0.116. The molecule has 142 valence electrons.